The number of carbonyl (C=O) groups is 1. The molecule has 0 aliphatic rings. The molecule has 0 bridgehead atoms. The number of ether oxygens (including phenoxy) is 1. The molecule has 0 aromatic rings. The molecule has 0 radical (unpaired) electrons. The van der Waals surface area contributed by atoms with E-state index in [2.05, 4.69) is 4.74 Å². The minimum absolute atomic E-state index is 0.403. The first-order valence-electron chi connectivity index (χ1n) is 3.27. The van der Waals surface area contributed by atoms with E-state index in [4.69, 9.17) is 5.11 Å². The number of hydrogen-bond donors (Lipinski definition) is 1. The monoisotopic (exact) mass is 156 g/mol. The second kappa shape index (κ2) is 5.68. The van der Waals surface area contributed by atoms with Crippen molar-refractivity contribution in [2.45, 2.75) is 13.0 Å². The molecule has 0 aromatic heterocycles. The Labute approximate surface area is 66.0 Å². The summed E-state index contributed by atoms with van der Waals surface area (Å²) in [6.45, 7) is 1.63. The molecule has 62 valence electrons. The van der Waals surface area contributed by atoms with Crippen LogP contribution in [0.4, 0.5) is 0 Å². The fraction of sp³-hybridized carbons (Fsp3) is 0.375. The number of methoxy groups -OCH3 is 1. The molecule has 3 nitrogen and oxygen atoms in total. The van der Waals surface area contributed by atoms with Crippen molar-refractivity contribution >= 4 is 5.97 Å². The van der Waals surface area contributed by atoms with E-state index in [-0.39, 0.29) is 0 Å². The average molecular weight is 156 g/mol. The van der Waals surface area contributed by atoms with Crippen molar-refractivity contribution in [1.29, 1.82) is 0 Å². The summed E-state index contributed by atoms with van der Waals surface area (Å²) in [5.41, 5.74) is 0. The molecule has 0 rings (SSSR count). The zero-order valence-electron chi connectivity index (χ0n) is 6.65. The molecule has 0 fully saturated rings. The maximum absolute atomic E-state index is 10.5. The van der Waals surface area contributed by atoms with Gasteiger partial charge in [-0.1, -0.05) is 18.2 Å². The highest BCUT2D eigenvalue weighted by Crippen LogP contribution is 1.84. The van der Waals surface area contributed by atoms with E-state index in [1.54, 1.807) is 19.1 Å². The van der Waals surface area contributed by atoms with Crippen molar-refractivity contribution in [2.24, 2.45) is 0 Å². The number of aliphatic hydroxyl groups excluding tert-OH is 1. The molecule has 0 aliphatic carbocycles. The summed E-state index contributed by atoms with van der Waals surface area (Å²) in [7, 11) is 1.31. The molecule has 0 unspecified atom stereocenters. The minimum Gasteiger partial charge on any atom is -0.466 e. The Kier molecular flexibility index (Phi) is 5.11. The zero-order chi connectivity index (χ0) is 8.69. The predicted octanol–water partition coefficient (Wildman–Crippen LogP) is 0.653. The highest BCUT2D eigenvalue weighted by atomic mass is 16.5. The highest BCUT2D eigenvalue weighted by Gasteiger charge is 1.87. The van der Waals surface area contributed by atoms with Crippen LogP contribution in [0.3, 0.4) is 0 Å². The molecule has 1 N–H and O–H groups in total. The molecule has 11 heavy (non-hydrogen) atoms. The van der Waals surface area contributed by atoms with Crippen LogP contribution in [-0.2, 0) is 9.53 Å². The molecule has 0 amide bonds. The molecule has 1 atom stereocenters. The van der Waals surface area contributed by atoms with Crippen molar-refractivity contribution in [3.63, 3.8) is 0 Å². The first kappa shape index (κ1) is 9.91. The van der Waals surface area contributed by atoms with E-state index in [9.17, 15) is 4.79 Å². The van der Waals surface area contributed by atoms with E-state index in [0.717, 1.165) is 0 Å². The third kappa shape index (κ3) is 6.80. The largest absolute Gasteiger partial charge is 0.466 e. The molecule has 0 saturated carbocycles. The van der Waals surface area contributed by atoms with Crippen molar-refractivity contribution in [2.75, 3.05) is 7.11 Å². The van der Waals surface area contributed by atoms with Crippen molar-refractivity contribution in [3.8, 4) is 0 Å². The first-order chi connectivity index (χ1) is 5.16. The summed E-state index contributed by atoms with van der Waals surface area (Å²) in [6.07, 6.45) is 5.44. The Morgan fingerprint density at radius 2 is 2.18 bits per heavy atom. The van der Waals surface area contributed by atoms with Gasteiger partial charge >= 0.3 is 5.97 Å². The summed E-state index contributed by atoms with van der Waals surface area (Å²) in [5.74, 6) is -0.403. The smallest absolute Gasteiger partial charge is 0.330 e. The molecule has 0 aliphatic heterocycles. The van der Waals surface area contributed by atoms with Crippen LogP contribution < -0.4 is 0 Å². The summed E-state index contributed by atoms with van der Waals surface area (Å²) < 4.78 is 4.34. The molecule has 0 saturated heterocycles. The van der Waals surface area contributed by atoms with Crippen LogP contribution in [0.25, 0.3) is 0 Å². The molecular weight excluding hydrogens is 144 g/mol. The number of carbonyl (C=O) groups excluding carboxylic acids is 1. The first-order valence-corrected chi connectivity index (χ1v) is 3.27. The molecular formula is C8H12O3. The summed E-state index contributed by atoms with van der Waals surface area (Å²) >= 11 is 0. The summed E-state index contributed by atoms with van der Waals surface area (Å²) in [4.78, 5) is 10.5. The van der Waals surface area contributed by atoms with E-state index < -0.39 is 12.1 Å². The van der Waals surface area contributed by atoms with Crippen LogP contribution in [0.2, 0.25) is 0 Å². The van der Waals surface area contributed by atoms with Gasteiger partial charge in [0.05, 0.1) is 13.2 Å². The van der Waals surface area contributed by atoms with Gasteiger partial charge in [-0.05, 0) is 6.92 Å². The van der Waals surface area contributed by atoms with E-state index in [0.29, 0.717) is 0 Å². The van der Waals surface area contributed by atoms with Crippen LogP contribution >= 0.6 is 0 Å². The van der Waals surface area contributed by atoms with Gasteiger partial charge in [-0.2, -0.15) is 0 Å². The fourth-order valence-corrected chi connectivity index (χ4v) is 0.427. The van der Waals surface area contributed by atoms with Crippen molar-refractivity contribution in [3.05, 3.63) is 24.3 Å². The predicted molar refractivity (Wildman–Crippen MR) is 42.0 cm³/mol. The standard InChI is InChI=1S/C8H12O3/c1-7(9)5-3-4-6-8(10)11-2/h3-7,9H,1-2H3/t7-/m1/s1. The van der Waals surface area contributed by atoms with Gasteiger partial charge in [-0.25, -0.2) is 4.79 Å². The number of rotatable bonds is 3. The maximum Gasteiger partial charge on any atom is 0.330 e. The minimum atomic E-state index is -0.489. The fourth-order valence-electron chi connectivity index (χ4n) is 0.427. The third-order valence-electron chi connectivity index (χ3n) is 0.934. The van der Waals surface area contributed by atoms with Crippen LogP contribution in [0.15, 0.2) is 24.3 Å². The van der Waals surface area contributed by atoms with Crippen molar-refractivity contribution in [1.82, 2.24) is 0 Å². The number of hydrogen-bond acceptors (Lipinski definition) is 3. The normalized spacial score (nSPS) is 14.1. The van der Waals surface area contributed by atoms with Crippen LogP contribution in [0, 0.1) is 0 Å². The van der Waals surface area contributed by atoms with Crippen LogP contribution in [0.5, 0.6) is 0 Å². The lowest BCUT2D eigenvalue weighted by Crippen LogP contribution is -1.93. The van der Waals surface area contributed by atoms with Gasteiger partial charge in [-0.3, -0.25) is 0 Å². The number of allylic oxidation sites excluding steroid dienone is 2. The number of esters is 1. The van der Waals surface area contributed by atoms with E-state index in [1.165, 1.54) is 19.3 Å². The molecule has 0 heterocycles. The van der Waals surface area contributed by atoms with E-state index >= 15 is 0 Å². The van der Waals surface area contributed by atoms with Gasteiger partial charge in [0.1, 0.15) is 0 Å². The van der Waals surface area contributed by atoms with E-state index in [1.807, 2.05) is 0 Å². The Morgan fingerprint density at radius 1 is 1.55 bits per heavy atom. The van der Waals surface area contributed by atoms with Gasteiger partial charge in [0.25, 0.3) is 0 Å². The Morgan fingerprint density at radius 3 is 2.64 bits per heavy atom. The van der Waals surface area contributed by atoms with Gasteiger partial charge in [0.2, 0.25) is 0 Å². The lowest BCUT2D eigenvalue weighted by Gasteiger charge is -1.89. The number of aliphatic hydroxyl groups is 1. The zero-order valence-corrected chi connectivity index (χ0v) is 6.65. The summed E-state index contributed by atoms with van der Waals surface area (Å²) in [5, 5.41) is 8.74. The van der Waals surface area contributed by atoms with Gasteiger partial charge in [0, 0.05) is 6.08 Å². The molecule has 0 aromatic carbocycles. The van der Waals surface area contributed by atoms with Gasteiger partial charge in [0.15, 0.2) is 0 Å². The van der Waals surface area contributed by atoms with Crippen molar-refractivity contribution < 1.29 is 14.6 Å². The second-order valence-corrected chi connectivity index (χ2v) is 2.01. The Bertz CT molecular complexity index is 168. The van der Waals surface area contributed by atoms with Gasteiger partial charge < -0.3 is 9.84 Å². The average Bonchev–Trinajstić information content (AvgIpc) is 1.97. The third-order valence-corrected chi connectivity index (χ3v) is 0.934. The van der Waals surface area contributed by atoms with Crippen LogP contribution in [-0.4, -0.2) is 24.3 Å². The Hall–Kier alpha value is -1.09. The Balaban J connectivity index is 3.68. The molecule has 3 heteroatoms. The summed E-state index contributed by atoms with van der Waals surface area (Å²) in [6, 6.07) is 0. The molecule has 0 spiro atoms. The lowest BCUT2D eigenvalue weighted by atomic mass is 10.3. The van der Waals surface area contributed by atoms with Crippen LogP contribution in [0.1, 0.15) is 6.92 Å². The maximum atomic E-state index is 10.5. The SMILES string of the molecule is COC(=O)C=CC=C[C@@H](C)O. The topological polar surface area (TPSA) is 46.5 Å². The second-order valence-electron chi connectivity index (χ2n) is 2.01. The quantitative estimate of drug-likeness (QED) is 0.371. The highest BCUT2D eigenvalue weighted by molar-refractivity contribution is 5.82. The lowest BCUT2D eigenvalue weighted by molar-refractivity contribution is -0.134. The van der Waals surface area contributed by atoms with Gasteiger partial charge in [-0.15, -0.1) is 0 Å².